The second kappa shape index (κ2) is 13.4. The van der Waals surface area contributed by atoms with Gasteiger partial charge in [-0.25, -0.2) is 4.39 Å². The predicted octanol–water partition coefficient (Wildman–Crippen LogP) is 7.01. The molecule has 1 aliphatic heterocycles. The molecule has 0 spiro atoms. The molecule has 0 bridgehead atoms. The van der Waals surface area contributed by atoms with Gasteiger partial charge in [-0.05, 0) is 111 Å². The molecule has 6 heteroatoms. The maximum atomic E-state index is 15.1. The van der Waals surface area contributed by atoms with Gasteiger partial charge in [-0.2, -0.15) is 0 Å². The molecule has 1 heterocycles. The number of halogens is 1. The van der Waals surface area contributed by atoms with E-state index >= 15 is 4.39 Å². The largest absolute Gasteiger partial charge is 0.497 e. The zero-order valence-electron chi connectivity index (χ0n) is 24.3. The van der Waals surface area contributed by atoms with Gasteiger partial charge in [0.15, 0.2) is 11.6 Å². The van der Waals surface area contributed by atoms with E-state index in [1.165, 1.54) is 36.0 Å². The van der Waals surface area contributed by atoms with Crippen molar-refractivity contribution in [2.75, 3.05) is 51.9 Å². The number of fused-ring (bicyclic) bond motifs is 1. The number of hydrogen-bond acceptors (Lipinski definition) is 5. The Hall–Kier alpha value is -3.25. The summed E-state index contributed by atoms with van der Waals surface area (Å²) in [5.41, 5.74) is 6.18. The van der Waals surface area contributed by atoms with Gasteiger partial charge in [0.05, 0.1) is 14.2 Å². The highest BCUT2D eigenvalue weighted by atomic mass is 19.1. The van der Waals surface area contributed by atoms with Crippen molar-refractivity contribution in [1.29, 1.82) is 0 Å². The first-order valence-electron chi connectivity index (χ1n) is 14.8. The van der Waals surface area contributed by atoms with E-state index in [2.05, 4.69) is 53.1 Å². The maximum absolute atomic E-state index is 15.1. The lowest BCUT2D eigenvalue weighted by molar-refractivity contribution is 0.180. The monoisotopic (exact) mass is 546 g/mol. The molecule has 5 nitrogen and oxygen atoms in total. The molecular formula is C34H43FN2O3. The molecule has 1 atom stereocenters. The van der Waals surface area contributed by atoms with E-state index in [1.807, 2.05) is 6.07 Å². The Morgan fingerprint density at radius 1 is 0.900 bits per heavy atom. The summed E-state index contributed by atoms with van der Waals surface area (Å²) in [5, 5.41) is 0. The molecule has 214 valence electrons. The van der Waals surface area contributed by atoms with E-state index in [9.17, 15) is 0 Å². The van der Waals surface area contributed by atoms with Crippen LogP contribution in [0.5, 0.6) is 17.2 Å². The van der Waals surface area contributed by atoms with Crippen LogP contribution in [-0.4, -0.2) is 51.9 Å². The maximum Gasteiger partial charge on any atom is 0.165 e. The van der Waals surface area contributed by atoms with Crippen molar-refractivity contribution in [3.8, 4) is 17.2 Å². The van der Waals surface area contributed by atoms with Gasteiger partial charge in [0.2, 0.25) is 0 Å². The minimum absolute atomic E-state index is 0.294. The number of rotatable bonds is 11. The first kappa shape index (κ1) is 28.3. The van der Waals surface area contributed by atoms with Crippen molar-refractivity contribution in [3.63, 3.8) is 0 Å². The minimum Gasteiger partial charge on any atom is -0.497 e. The Morgan fingerprint density at radius 2 is 1.68 bits per heavy atom. The number of piperidine rings is 1. The Bertz CT molecular complexity index is 1270. The highest BCUT2D eigenvalue weighted by Gasteiger charge is 2.25. The van der Waals surface area contributed by atoms with Gasteiger partial charge in [-0.3, -0.25) is 4.90 Å². The van der Waals surface area contributed by atoms with E-state index in [-0.39, 0.29) is 5.82 Å². The molecule has 1 fully saturated rings. The third-order valence-electron chi connectivity index (χ3n) is 8.53. The lowest BCUT2D eigenvalue weighted by atomic mass is 9.79. The SMILES string of the molecule is CCN(Cc1ccc(OCCN2CCCCC2)c(F)c1)c1cc(OC)ccc1C1CCc2cc(OC)ccc2C1. The quantitative estimate of drug-likeness (QED) is 0.259. The number of aryl methyl sites for hydroxylation is 1. The number of methoxy groups -OCH3 is 2. The number of benzene rings is 3. The third kappa shape index (κ3) is 6.72. The van der Waals surface area contributed by atoms with Crippen molar-refractivity contribution in [2.24, 2.45) is 0 Å². The highest BCUT2D eigenvalue weighted by molar-refractivity contribution is 5.60. The summed E-state index contributed by atoms with van der Waals surface area (Å²) in [6.07, 6.45) is 6.90. The van der Waals surface area contributed by atoms with E-state index in [1.54, 1.807) is 26.4 Å². The van der Waals surface area contributed by atoms with E-state index < -0.39 is 0 Å². The fourth-order valence-corrected chi connectivity index (χ4v) is 6.21. The average molecular weight is 547 g/mol. The Kier molecular flexibility index (Phi) is 9.48. The number of hydrogen-bond donors (Lipinski definition) is 0. The normalized spacial score (nSPS) is 17.2. The summed E-state index contributed by atoms with van der Waals surface area (Å²) in [6.45, 7) is 7.17. The number of ether oxygens (including phenoxy) is 3. The fourth-order valence-electron chi connectivity index (χ4n) is 6.21. The zero-order chi connectivity index (χ0) is 27.9. The van der Waals surface area contributed by atoms with Crippen molar-refractivity contribution in [2.45, 2.75) is 57.9 Å². The van der Waals surface area contributed by atoms with Crippen LogP contribution in [0.3, 0.4) is 0 Å². The van der Waals surface area contributed by atoms with E-state index in [0.29, 0.717) is 24.8 Å². The molecule has 0 aromatic heterocycles. The molecule has 40 heavy (non-hydrogen) atoms. The molecule has 1 saturated heterocycles. The summed E-state index contributed by atoms with van der Waals surface area (Å²) < 4.78 is 32.0. The molecule has 5 rings (SSSR count). The second-order valence-electron chi connectivity index (χ2n) is 11.0. The molecule has 0 N–H and O–H groups in total. The summed E-state index contributed by atoms with van der Waals surface area (Å²) in [4.78, 5) is 4.73. The van der Waals surface area contributed by atoms with Crippen LogP contribution in [0.1, 0.15) is 60.8 Å². The molecule has 1 unspecified atom stereocenters. The van der Waals surface area contributed by atoms with Crippen LogP contribution in [0.2, 0.25) is 0 Å². The van der Waals surface area contributed by atoms with Gasteiger partial charge in [-0.15, -0.1) is 0 Å². The smallest absolute Gasteiger partial charge is 0.165 e. The molecule has 0 amide bonds. The van der Waals surface area contributed by atoms with Crippen molar-refractivity contribution in [1.82, 2.24) is 4.90 Å². The van der Waals surface area contributed by atoms with Crippen molar-refractivity contribution in [3.05, 3.63) is 82.7 Å². The standard InChI is InChI=1S/C34H43FN2O3/c1-4-37(24-25-8-15-34(32(35)20-25)40-19-18-36-16-6-5-7-17-36)33-23-30(39-3)13-14-31(33)28-10-9-27-22-29(38-2)12-11-26(27)21-28/h8,11-15,20,22-23,28H,4-7,9-10,16-19,21,24H2,1-3H3. The average Bonchev–Trinajstić information content (AvgIpc) is 3.00. The Morgan fingerprint density at radius 3 is 2.42 bits per heavy atom. The number of nitrogens with zero attached hydrogens (tertiary/aromatic N) is 2. The second-order valence-corrected chi connectivity index (χ2v) is 11.0. The van der Waals surface area contributed by atoms with Gasteiger partial charge in [0, 0.05) is 31.4 Å². The van der Waals surface area contributed by atoms with E-state index in [0.717, 1.165) is 68.2 Å². The lowest BCUT2D eigenvalue weighted by Gasteiger charge is -2.32. The molecule has 2 aliphatic rings. The van der Waals surface area contributed by atoms with Crippen LogP contribution >= 0.6 is 0 Å². The van der Waals surface area contributed by atoms with Gasteiger partial charge in [0.25, 0.3) is 0 Å². The van der Waals surface area contributed by atoms with Crippen molar-refractivity contribution < 1.29 is 18.6 Å². The molecule has 0 saturated carbocycles. The Balaban J connectivity index is 1.30. The van der Waals surface area contributed by atoms with Crippen LogP contribution in [0.25, 0.3) is 0 Å². The topological polar surface area (TPSA) is 34.2 Å². The molecule has 0 radical (unpaired) electrons. The van der Waals surface area contributed by atoms with Crippen molar-refractivity contribution >= 4 is 5.69 Å². The molecular weight excluding hydrogens is 503 g/mol. The minimum atomic E-state index is -0.294. The van der Waals surface area contributed by atoms with Crippen LogP contribution in [0, 0.1) is 5.82 Å². The van der Waals surface area contributed by atoms with E-state index in [4.69, 9.17) is 14.2 Å². The third-order valence-corrected chi connectivity index (χ3v) is 8.53. The highest BCUT2D eigenvalue weighted by Crippen LogP contribution is 2.40. The summed E-state index contributed by atoms with van der Waals surface area (Å²) in [5.74, 6) is 2.20. The number of anilines is 1. The van der Waals surface area contributed by atoms with Gasteiger partial charge >= 0.3 is 0 Å². The number of likely N-dealkylation sites (tertiary alicyclic amines) is 1. The van der Waals surface area contributed by atoms with Crippen LogP contribution in [-0.2, 0) is 19.4 Å². The first-order valence-corrected chi connectivity index (χ1v) is 14.8. The Labute approximate surface area is 238 Å². The summed E-state index contributed by atoms with van der Waals surface area (Å²) in [7, 11) is 3.43. The van der Waals surface area contributed by atoms with Gasteiger partial charge in [0.1, 0.15) is 18.1 Å². The molecule has 3 aromatic carbocycles. The molecule has 1 aliphatic carbocycles. The molecule has 3 aromatic rings. The predicted molar refractivity (Wildman–Crippen MR) is 160 cm³/mol. The first-order chi connectivity index (χ1) is 19.6. The van der Waals surface area contributed by atoms with Crippen LogP contribution in [0.4, 0.5) is 10.1 Å². The van der Waals surface area contributed by atoms with Gasteiger partial charge in [-0.1, -0.05) is 24.6 Å². The summed E-state index contributed by atoms with van der Waals surface area (Å²) >= 11 is 0. The van der Waals surface area contributed by atoms with Crippen LogP contribution in [0.15, 0.2) is 54.6 Å². The van der Waals surface area contributed by atoms with Crippen LogP contribution < -0.4 is 19.1 Å². The summed E-state index contributed by atoms with van der Waals surface area (Å²) in [6, 6.07) is 18.3. The van der Waals surface area contributed by atoms with Gasteiger partial charge < -0.3 is 19.1 Å². The lowest BCUT2D eigenvalue weighted by Crippen LogP contribution is -2.33. The fraction of sp³-hybridized carbons (Fsp3) is 0.471. The zero-order valence-corrected chi connectivity index (χ0v) is 24.3.